The van der Waals surface area contributed by atoms with E-state index in [9.17, 15) is 0 Å². The first-order valence-electron chi connectivity index (χ1n) is 36.9. The molecule has 0 bridgehead atoms. The van der Waals surface area contributed by atoms with E-state index in [4.69, 9.17) is 29.4 Å². The molecule has 18 aromatic rings. The van der Waals surface area contributed by atoms with Gasteiger partial charge in [-0.05, 0) is 142 Å². The van der Waals surface area contributed by atoms with Crippen molar-refractivity contribution >= 4 is 21.5 Å². The molecular weight excluding hydrogens is 1310 g/mol. The molecule has 6 nitrogen and oxygen atoms in total. The molecule has 4 aliphatic rings. The Bertz CT molecular complexity index is 6650. The molecule has 0 fully saturated rings. The molecular formula is C102H62N4O2. The Balaban J connectivity index is 0.606. The molecule has 0 unspecified atom stereocenters. The number of para-hydroxylation sites is 1. The summed E-state index contributed by atoms with van der Waals surface area (Å²) in [7, 11) is 0. The SMILES string of the molecule is c1ccc(-c2cc(-c3cccc4ccccc34)nc(-c3ccc(-c4ccc5c(c4)Oc4cc(-c6ccc(-c7cc(-c8ccc9ccccc9c8)nc(-c8ccc(-c9ccc%10c(c9)Oc9ccccc9C%109c%10ccccc%10-c%10ccccc%109)cc8)n7)cc6)ccc4C54c5ccccc5-c5ccccc54)cc3)n2)cc1. The Hall–Kier alpha value is -14.2. The zero-order valence-corrected chi connectivity index (χ0v) is 58.4. The molecule has 2 aliphatic heterocycles. The van der Waals surface area contributed by atoms with Crippen molar-refractivity contribution in [3.63, 3.8) is 0 Å². The molecule has 16 aromatic carbocycles. The fourth-order valence-electron chi connectivity index (χ4n) is 17.9. The average Bonchev–Trinajstić information content (AvgIpc) is 1.51. The summed E-state index contributed by atoms with van der Waals surface area (Å²) in [6.45, 7) is 0. The van der Waals surface area contributed by atoms with Crippen LogP contribution in [-0.4, -0.2) is 19.9 Å². The Morgan fingerprint density at radius 3 is 1.03 bits per heavy atom. The quantitative estimate of drug-likeness (QED) is 0.143. The van der Waals surface area contributed by atoms with Gasteiger partial charge in [-0.15, -0.1) is 0 Å². The number of aromatic nitrogens is 4. The van der Waals surface area contributed by atoms with E-state index < -0.39 is 10.8 Å². The number of fused-ring (bicyclic) bond motifs is 20. The third-order valence-electron chi connectivity index (χ3n) is 22.9. The Labute approximate surface area is 624 Å². The van der Waals surface area contributed by atoms with Crippen LogP contribution in [0.4, 0.5) is 0 Å². The summed E-state index contributed by atoms with van der Waals surface area (Å²) in [4.78, 5) is 21.3. The van der Waals surface area contributed by atoms with Crippen LogP contribution in [0.1, 0.15) is 44.5 Å². The lowest BCUT2D eigenvalue weighted by atomic mass is 9.65. The van der Waals surface area contributed by atoms with Crippen molar-refractivity contribution in [3.05, 3.63) is 421 Å². The van der Waals surface area contributed by atoms with Gasteiger partial charge in [0, 0.05) is 55.6 Å². The van der Waals surface area contributed by atoms with Crippen LogP contribution >= 0.6 is 0 Å². The van der Waals surface area contributed by atoms with Gasteiger partial charge in [0.25, 0.3) is 0 Å². The first-order chi connectivity index (χ1) is 53.5. The van der Waals surface area contributed by atoms with E-state index in [0.29, 0.717) is 11.6 Å². The number of hydrogen-bond acceptors (Lipinski definition) is 6. The highest BCUT2D eigenvalue weighted by atomic mass is 16.5. The monoisotopic (exact) mass is 1370 g/mol. The van der Waals surface area contributed by atoms with Crippen molar-refractivity contribution < 1.29 is 9.47 Å². The summed E-state index contributed by atoms with van der Waals surface area (Å²) in [6, 6.07) is 135. The van der Waals surface area contributed by atoms with Gasteiger partial charge in [0.2, 0.25) is 0 Å². The lowest BCUT2D eigenvalue weighted by Gasteiger charge is -2.39. The highest BCUT2D eigenvalue weighted by Crippen LogP contribution is 2.65. The zero-order valence-electron chi connectivity index (χ0n) is 58.4. The summed E-state index contributed by atoms with van der Waals surface area (Å²) in [6.07, 6.45) is 0. The van der Waals surface area contributed by atoms with E-state index in [1.807, 2.05) is 6.07 Å². The van der Waals surface area contributed by atoms with Crippen LogP contribution in [0.5, 0.6) is 23.0 Å². The van der Waals surface area contributed by atoms with Crippen LogP contribution < -0.4 is 9.47 Å². The molecule has 4 heterocycles. The first-order valence-corrected chi connectivity index (χ1v) is 36.9. The number of nitrogens with zero attached hydrogens (tertiary/aromatic N) is 4. The van der Waals surface area contributed by atoms with E-state index in [0.717, 1.165) is 146 Å². The molecule has 2 spiro atoms. The summed E-state index contributed by atoms with van der Waals surface area (Å²) < 4.78 is 14.3. The van der Waals surface area contributed by atoms with Crippen LogP contribution in [-0.2, 0) is 10.8 Å². The van der Waals surface area contributed by atoms with Gasteiger partial charge in [0.05, 0.1) is 33.6 Å². The number of rotatable bonds is 9. The molecule has 6 heteroatoms. The van der Waals surface area contributed by atoms with Gasteiger partial charge < -0.3 is 9.47 Å². The predicted molar refractivity (Wildman–Crippen MR) is 436 cm³/mol. The Morgan fingerprint density at radius 1 is 0.176 bits per heavy atom. The zero-order chi connectivity index (χ0) is 71.0. The molecule has 0 saturated heterocycles. The minimum absolute atomic E-state index is 0.526. The Morgan fingerprint density at radius 2 is 0.509 bits per heavy atom. The number of ether oxygens (including phenoxy) is 2. The molecule has 0 N–H and O–H groups in total. The number of benzene rings is 16. The van der Waals surface area contributed by atoms with E-state index in [-0.39, 0.29) is 0 Å². The summed E-state index contributed by atoms with van der Waals surface area (Å²) in [5.41, 5.74) is 29.0. The minimum atomic E-state index is -0.651. The van der Waals surface area contributed by atoms with Crippen LogP contribution in [0.15, 0.2) is 376 Å². The lowest BCUT2D eigenvalue weighted by molar-refractivity contribution is 0.436. The predicted octanol–water partition coefficient (Wildman–Crippen LogP) is 25.5. The van der Waals surface area contributed by atoms with E-state index in [2.05, 4.69) is 370 Å². The van der Waals surface area contributed by atoms with Crippen molar-refractivity contribution in [2.24, 2.45) is 0 Å². The first kappa shape index (κ1) is 61.3. The van der Waals surface area contributed by atoms with E-state index in [1.165, 1.54) is 55.3 Å². The van der Waals surface area contributed by atoms with Gasteiger partial charge in [-0.2, -0.15) is 0 Å². The van der Waals surface area contributed by atoms with E-state index >= 15 is 0 Å². The Kier molecular flexibility index (Phi) is 13.7. The molecule has 0 saturated carbocycles. The summed E-state index contributed by atoms with van der Waals surface area (Å²) >= 11 is 0. The van der Waals surface area contributed by atoms with Crippen LogP contribution in [0.25, 0.3) is 145 Å². The highest BCUT2D eigenvalue weighted by Gasteiger charge is 2.53. The van der Waals surface area contributed by atoms with Crippen molar-refractivity contribution in [1.82, 2.24) is 19.9 Å². The molecule has 0 amide bonds. The largest absolute Gasteiger partial charge is 0.457 e. The standard InChI is InChI=1S/C102H62N4O2/c1-2-21-68(22-3-1)92-62-94(82-30-18-24-67-20-6-7-25-77(67)82)106-100(104-92)71-48-41-66(42-49-71)75-53-56-90-98(60-75)108-97-59-74(52-55-89(97)102(90)85-33-14-10-28-80(85)81-29-11-15-34-86(81)102)64-37-44-69(45-38-64)91-61-93(76-50-43-63-19-4-5-23-72(63)57-76)105-99(103-91)70-46-39-65(40-47-70)73-51-54-88-96(58-73)107-95-36-17-16-35-87(95)101(88)83-31-12-8-26-78(83)79-27-9-13-32-84(79)101/h1-62H. The third kappa shape index (κ3) is 9.46. The molecule has 0 radical (unpaired) electrons. The normalized spacial score (nSPS) is 13.3. The van der Waals surface area contributed by atoms with Gasteiger partial charge in [0.15, 0.2) is 11.6 Å². The van der Waals surface area contributed by atoms with Gasteiger partial charge in [-0.3, -0.25) is 0 Å². The maximum atomic E-state index is 7.35. The molecule has 502 valence electrons. The molecule has 22 rings (SSSR count). The van der Waals surface area contributed by atoms with Gasteiger partial charge >= 0.3 is 0 Å². The van der Waals surface area contributed by atoms with Crippen LogP contribution in [0.3, 0.4) is 0 Å². The molecule has 2 aromatic heterocycles. The topological polar surface area (TPSA) is 70.0 Å². The maximum absolute atomic E-state index is 7.35. The average molecular weight is 1380 g/mol. The second kappa shape index (κ2) is 24.2. The third-order valence-corrected chi connectivity index (χ3v) is 22.9. The van der Waals surface area contributed by atoms with Crippen molar-refractivity contribution in [2.75, 3.05) is 0 Å². The van der Waals surface area contributed by atoms with Gasteiger partial charge in [-0.1, -0.05) is 334 Å². The smallest absolute Gasteiger partial charge is 0.160 e. The van der Waals surface area contributed by atoms with Crippen LogP contribution in [0, 0.1) is 0 Å². The second-order valence-corrected chi connectivity index (χ2v) is 28.6. The van der Waals surface area contributed by atoms with Crippen LogP contribution in [0.2, 0.25) is 0 Å². The van der Waals surface area contributed by atoms with Crippen molar-refractivity contribution in [1.29, 1.82) is 0 Å². The molecule has 2 aliphatic carbocycles. The lowest BCUT2D eigenvalue weighted by Crippen LogP contribution is -2.32. The fourth-order valence-corrected chi connectivity index (χ4v) is 17.9. The fraction of sp³-hybridized carbons (Fsp3) is 0.0196. The van der Waals surface area contributed by atoms with Crippen molar-refractivity contribution in [3.8, 4) is 146 Å². The van der Waals surface area contributed by atoms with Gasteiger partial charge in [-0.25, -0.2) is 19.9 Å². The number of hydrogen-bond donors (Lipinski definition) is 0. The maximum Gasteiger partial charge on any atom is 0.160 e. The molecule has 108 heavy (non-hydrogen) atoms. The minimum Gasteiger partial charge on any atom is -0.457 e. The summed E-state index contributed by atoms with van der Waals surface area (Å²) in [5.74, 6) is 4.65. The molecule has 0 atom stereocenters. The second-order valence-electron chi connectivity index (χ2n) is 28.6. The van der Waals surface area contributed by atoms with Crippen molar-refractivity contribution in [2.45, 2.75) is 10.8 Å². The summed E-state index contributed by atoms with van der Waals surface area (Å²) in [5, 5.41) is 4.64. The van der Waals surface area contributed by atoms with Gasteiger partial charge in [0.1, 0.15) is 23.0 Å². The van der Waals surface area contributed by atoms with E-state index in [1.54, 1.807) is 0 Å². The highest BCUT2D eigenvalue weighted by molar-refractivity contribution is 5.98.